The van der Waals surface area contributed by atoms with Crippen LogP contribution in [0.4, 0.5) is 0 Å². The van der Waals surface area contributed by atoms with Gasteiger partial charge in [-0.25, -0.2) is 4.98 Å². The second-order valence-corrected chi connectivity index (χ2v) is 8.17. The molecule has 5 aromatic rings. The predicted octanol–water partition coefficient (Wildman–Crippen LogP) is 6.13. The van der Waals surface area contributed by atoms with Gasteiger partial charge in [-0.05, 0) is 24.3 Å². The quantitative estimate of drug-likeness (QED) is 0.316. The van der Waals surface area contributed by atoms with Crippen LogP contribution in [0.2, 0.25) is 10.0 Å². The van der Waals surface area contributed by atoms with Gasteiger partial charge in [-0.1, -0.05) is 53.5 Å². The Hall–Kier alpha value is -3.54. The van der Waals surface area contributed by atoms with E-state index in [1.165, 1.54) is 0 Å². The van der Waals surface area contributed by atoms with E-state index in [4.69, 9.17) is 28.2 Å². The van der Waals surface area contributed by atoms with Crippen molar-refractivity contribution in [3.05, 3.63) is 82.0 Å². The van der Waals surface area contributed by atoms with Gasteiger partial charge in [-0.15, -0.1) is 0 Å². The fourth-order valence-electron chi connectivity index (χ4n) is 4.28. The lowest BCUT2D eigenvalue weighted by atomic mass is 9.81. The molecule has 2 aromatic heterocycles. The number of hydrogen-bond acceptors (Lipinski definition) is 4. The molecule has 0 saturated carbocycles. The van der Waals surface area contributed by atoms with Crippen LogP contribution in [0.25, 0.3) is 44.2 Å². The van der Waals surface area contributed by atoms with E-state index < -0.39 is 11.6 Å². The molecule has 148 valence electrons. The van der Waals surface area contributed by atoms with Gasteiger partial charge in [-0.2, -0.15) is 5.10 Å². The molecule has 0 unspecified atom stereocenters. The maximum absolute atomic E-state index is 13.4. The van der Waals surface area contributed by atoms with Gasteiger partial charge in [0.05, 0.1) is 28.5 Å². The van der Waals surface area contributed by atoms with Gasteiger partial charge in [0.1, 0.15) is 0 Å². The van der Waals surface area contributed by atoms with Crippen molar-refractivity contribution in [2.45, 2.75) is 0 Å². The number of ketones is 2. The number of nitrogens with zero attached hydrogens (tertiary/aromatic N) is 2. The van der Waals surface area contributed by atoms with Crippen LogP contribution in [0, 0.1) is 0 Å². The van der Waals surface area contributed by atoms with Crippen molar-refractivity contribution in [2.24, 2.45) is 0 Å². The molecule has 1 aliphatic rings. The van der Waals surface area contributed by atoms with E-state index in [9.17, 15) is 9.59 Å². The number of aromatic nitrogens is 3. The Labute approximate surface area is 185 Å². The molecule has 0 aliphatic heterocycles. The van der Waals surface area contributed by atoms with Crippen LogP contribution in [0.5, 0.6) is 0 Å². The molecule has 1 N–H and O–H groups in total. The van der Waals surface area contributed by atoms with Gasteiger partial charge >= 0.3 is 0 Å². The molecule has 7 heteroatoms. The molecule has 0 bridgehead atoms. The van der Waals surface area contributed by atoms with Crippen LogP contribution in [-0.2, 0) is 0 Å². The van der Waals surface area contributed by atoms with E-state index in [1.54, 1.807) is 42.6 Å². The first kappa shape index (κ1) is 18.2. The lowest BCUT2D eigenvalue weighted by Crippen LogP contribution is -2.23. The first-order valence-corrected chi connectivity index (χ1v) is 10.2. The van der Waals surface area contributed by atoms with Crippen molar-refractivity contribution in [3.63, 3.8) is 0 Å². The van der Waals surface area contributed by atoms with Crippen molar-refractivity contribution < 1.29 is 9.59 Å². The zero-order valence-electron chi connectivity index (χ0n) is 15.7. The molecule has 6 rings (SSSR count). The third kappa shape index (κ3) is 2.51. The minimum absolute atomic E-state index is 0.245. The highest BCUT2D eigenvalue weighted by Gasteiger charge is 2.35. The average molecular weight is 444 g/mol. The largest absolute Gasteiger partial charge is 0.285 e. The van der Waals surface area contributed by atoms with Crippen molar-refractivity contribution in [2.75, 3.05) is 0 Å². The zero-order valence-corrected chi connectivity index (χ0v) is 17.3. The van der Waals surface area contributed by atoms with Gasteiger partial charge in [0.2, 0.25) is 11.6 Å². The van der Waals surface area contributed by atoms with Gasteiger partial charge in [0.25, 0.3) is 0 Å². The molecule has 0 radical (unpaired) electrons. The number of carbonyl (C=O) groups is 2. The number of carbonyl (C=O) groups excluding carboxylic acids is 2. The van der Waals surface area contributed by atoms with E-state index in [0.717, 1.165) is 10.9 Å². The molecule has 3 aromatic carbocycles. The smallest absolute Gasteiger partial charge is 0.236 e. The second kappa shape index (κ2) is 6.48. The fourth-order valence-corrected chi connectivity index (χ4v) is 4.79. The third-order valence-corrected chi connectivity index (χ3v) is 6.18. The maximum atomic E-state index is 13.4. The lowest BCUT2D eigenvalue weighted by Gasteiger charge is -2.22. The highest BCUT2D eigenvalue weighted by Crippen LogP contribution is 2.45. The van der Waals surface area contributed by atoms with Gasteiger partial charge in [-0.3, -0.25) is 14.7 Å². The fraction of sp³-hybridized carbons (Fsp3) is 0. The van der Waals surface area contributed by atoms with E-state index in [-0.39, 0.29) is 5.56 Å². The summed E-state index contributed by atoms with van der Waals surface area (Å²) in [5.41, 5.74) is 4.31. The topological polar surface area (TPSA) is 75.7 Å². The van der Waals surface area contributed by atoms with Crippen molar-refractivity contribution in [3.8, 4) is 22.4 Å². The van der Waals surface area contributed by atoms with Gasteiger partial charge in [0.15, 0.2) is 0 Å². The molecule has 0 saturated heterocycles. The molecule has 0 atom stereocenters. The van der Waals surface area contributed by atoms with Crippen LogP contribution in [-0.4, -0.2) is 26.7 Å². The molecule has 1 aliphatic carbocycles. The standard InChI is InChI=1S/C24H11Cl2N3O2/c25-11-5-6-14(16(26)9-11)20-19-15-10-27-29-17(15)7-8-18(19)28-22-12-3-1-2-4-13(12)23(30)24(31)21(20)22/h1-10H,(H,27,29). The maximum Gasteiger partial charge on any atom is 0.236 e. The van der Waals surface area contributed by atoms with Crippen molar-refractivity contribution in [1.29, 1.82) is 0 Å². The molecular formula is C24H11Cl2N3O2. The summed E-state index contributed by atoms with van der Waals surface area (Å²) < 4.78 is 0. The van der Waals surface area contributed by atoms with Crippen molar-refractivity contribution in [1.82, 2.24) is 15.2 Å². The molecule has 0 fully saturated rings. The average Bonchev–Trinajstić information content (AvgIpc) is 3.25. The summed E-state index contributed by atoms with van der Waals surface area (Å²) in [6, 6.07) is 15.9. The SMILES string of the molecule is O=C1C(=O)c2c(nc3ccc4[nH]ncc4c3c2-c2ccc(Cl)cc2Cl)-c2ccccc21. The lowest BCUT2D eigenvalue weighted by molar-refractivity contribution is 0.0815. The Morgan fingerprint density at radius 2 is 1.61 bits per heavy atom. The highest BCUT2D eigenvalue weighted by atomic mass is 35.5. The summed E-state index contributed by atoms with van der Waals surface area (Å²) in [5, 5.41) is 9.43. The minimum Gasteiger partial charge on any atom is -0.285 e. The first-order chi connectivity index (χ1) is 15.0. The van der Waals surface area contributed by atoms with E-state index >= 15 is 0 Å². The highest BCUT2D eigenvalue weighted by molar-refractivity contribution is 6.54. The summed E-state index contributed by atoms with van der Waals surface area (Å²) in [6.07, 6.45) is 1.68. The molecule has 2 heterocycles. The molecule has 0 amide bonds. The first-order valence-electron chi connectivity index (χ1n) is 9.48. The summed E-state index contributed by atoms with van der Waals surface area (Å²) >= 11 is 12.7. The van der Waals surface area contributed by atoms with E-state index in [0.29, 0.717) is 48.9 Å². The Balaban J connectivity index is 1.88. The number of nitrogens with one attached hydrogen (secondary N) is 1. The third-order valence-electron chi connectivity index (χ3n) is 5.63. The van der Waals surface area contributed by atoms with E-state index in [1.807, 2.05) is 18.2 Å². The van der Waals surface area contributed by atoms with Crippen LogP contribution in [0.3, 0.4) is 0 Å². The number of fused-ring (bicyclic) bond motifs is 6. The number of benzene rings is 3. The summed E-state index contributed by atoms with van der Waals surface area (Å²) in [7, 11) is 0. The van der Waals surface area contributed by atoms with Gasteiger partial charge < -0.3 is 0 Å². The van der Waals surface area contributed by atoms with E-state index in [2.05, 4.69) is 10.2 Å². The summed E-state index contributed by atoms with van der Waals surface area (Å²) in [4.78, 5) is 31.2. The Bertz CT molecular complexity index is 1600. The predicted molar refractivity (Wildman–Crippen MR) is 121 cm³/mol. The molecule has 0 spiro atoms. The van der Waals surface area contributed by atoms with Crippen LogP contribution >= 0.6 is 23.2 Å². The normalized spacial score (nSPS) is 13.0. The second-order valence-electron chi connectivity index (χ2n) is 7.33. The van der Waals surface area contributed by atoms with Crippen LogP contribution in [0.1, 0.15) is 20.7 Å². The number of aromatic amines is 1. The molecule has 31 heavy (non-hydrogen) atoms. The summed E-state index contributed by atoms with van der Waals surface area (Å²) in [6.45, 7) is 0. The number of hydrogen-bond donors (Lipinski definition) is 1. The van der Waals surface area contributed by atoms with Crippen LogP contribution in [0.15, 0.2) is 60.8 Å². The molecular weight excluding hydrogens is 433 g/mol. The number of rotatable bonds is 1. The molecule has 5 nitrogen and oxygen atoms in total. The Kier molecular flexibility index (Phi) is 3.81. The number of halogens is 2. The van der Waals surface area contributed by atoms with Crippen molar-refractivity contribution >= 4 is 56.6 Å². The zero-order chi connectivity index (χ0) is 21.3. The van der Waals surface area contributed by atoms with Crippen LogP contribution < -0.4 is 0 Å². The Morgan fingerprint density at radius 1 is 0.806 bits per heavy atom. The monoisotopic (exact) mass is 443 g/mol. The number of pyridine rings is 1. The Morgan fingerprint density at radius 3 is 2.42 bits per heavy atom. The number of H-pyrrole nitrogens is 1. The summed E-state index contributed by atoms with van der Waals surface area (Å²) in [5.74, 6) is -1.17. The minimum atomic E-state index is -0.607. The van der Waals surface area contributed by atoms with Gasteiger partial charge in [0, 0.05) is 43.1 Å². The number of Topliss-reactive ketones (excluding diaryl/α,β-unsaturated/α-hetero) is 2.